The number of nitrogens with two attached hydrogens (primary N) is 1. The molecule has 0 bridgehead atoms. The number of hydrogen-bond acceptors (Lipinski definition) is 5. The number of aliphatic carboxylic acids is 1. The Hall–Kier alpha value is -1.27. The number of Topliss-reactive ketones (excluding diaryl/α,β-unsaturated/α-hetero) is 2. The minimum Gasteiger partial charge on any atom is -0.481 e. The predicted molar refractivity (Wildman–Crippen MR) is 62.5 cm³/mol. The van der Waals surface area contributed by atoms with Crippen LogP contribution in [0.25, 0.3) is 0 Å². The molecule has 0 amide bonds. The molecule has 0 aliphatic carbocycles. The van der Waals surface area contributed by atoms with Crippen molar-refractivity contribution in [2.24, 2.45) is 11.7 Å². The van der Waals surface area contributed by atoms with Gasteiger partial charge in [0.05, 0.1) is 18.5 Å². The lowest BCUT2D eigenvalue weighted by molar-refractivity contribution is -0.142. The number of nitrogens with one attached hydrogen (secondary N) is 1. The fourth-order valence-electron chi connectivity index (χ4n) is 1.46. The van der Waals surface area contributed by atoms with Crippen LogP contribution in [0.1, 0.15) is 26.7 Å². The standard InChI is InChI=1S/C11H20N2O4/c1-6(2)4-8(13-3)11(17)10(16)7(12)5-9(14)15/h6-8,13H,4-5,12H2,1-3H3,(H,14,15)/t7-,8-/m0/s1. The summed E-state index contributed by atoms with van der Waals surface area (Å²) >= 11 is 0. The Bertz CT molecular complexity index is 302. The molecule has 0 aromatic heterocycles. The minimum absolute atomic E-state index is 0.250. The summed E-state index contributed by atoms with van der Waals surface area (Å²) in [5.41, 5.74) is 5.36. The maximum absolute atomic E-state index is 11.7. The summed E-state index contributed by atoms with van der Waals surface area (Å²) < 4.78 is 0. The summed E-state index contributed by atoms with van der Waals surface area (Å²) in [7, 11) is 1.58. The fourth-order valence-corrected chi connectivity index (χ4v) is 1.46. The number of carbonyl (C=O) groups is 3. The van der Waals surface area contributed by atoms with Gasteiger partial charge in [-0.05, 0) is 19.4 Å². The summed E-state index contributed by atoms with van der Waals surface area (Å²) in [4.78, 5) is 33.7. The first-order valence-electron chi connectivity index (χ1n) is 5.52. The Balaban J connectivity index is 4.55. The highest BCUT2D eigenvalue weighted by molar-refractivity contribution is 6.41. The second kappa shape index (κ2) is 7.13. The summed E-state index contributed by atoms with van der Waals surface area (Å²) in [6.07, 6.45) is -0.0104. The summed E-state index contributed by atoms with van der Waals surface area (Å²) in [6.45, 7) is 3.86. The molecule has 0 aliphatic heterocycles. The Labute approximate surface area is 101 Å². The predicted octanol–water partition coefficient (Wildman–Crippen LogP) is -0.439. The van der Waals surface area contributed by atoms with E-state index >= 15 is 0 Å². The minimum atomic E-state index is -1.26. The Morgan fingerprint density at radius 3 is 2.12 bits per heavy atom. The number of carboxylic acids is 1. The maximum Gasteiger partial charge on any atom is 0.305 e. The van der Waals surface area contributed by atoms with Crippen molar-refractivity contribution in [3.8, 4) is 0 Å². The van der Waals surface area contributed by atoms with Crippen molar-refractivity contribution in [3.05, 3.63) is 0 Å². The molecular formula is C11H20N2O4. The van der Waals surface area contributed by atoms with E-state index in [0.717, 1.165) is 0 Å². The summed E-state index contributed by atoms with van der Waals surface area (Å²) in [5, 5.41) is 11.2. The number of likely N-dealkylation sites (N-methyl/N-ethyl adjacent to an activating group) is 1. The van der Waals surface area contributed by atoms with E-state index in [2.05, 4.69) is 5.32 Å². The van der Waals surface area contributed by atoms with Crippen LogP contribution in [0.3, 0.4) is 0 Å². The molecule has 6 nitrogen and oxygen atoms in total. The maximum atomic E-state index is 11.7. The first-order valence-corrected chi connectivity index (χ1v) is 5.52. The molecule has 0 spiro atoms. The molecule has 17 heavy (non-hydrogen) atoms. The van der Waals surface area contributed by atoms with Crippen LogP contribution in [-0.4, -0.2) is 41.8 Å². The number of ketones is 2. The topological polar surface area (TPSA) is 109 Å². The first-order chi connectivity index (χ1) is 7.79. The van der Waals surface area contributed by atoms with Crippen molar-refractivity contribution in [1.29, 1.82) is 0 Å². The average Bonchev–Trinajstić information content (AvgIpc) is 2.22. The summed E-state index contributed by atoms with van der Waals surface area (Å²) in [5.74, 6) is -2.41. The quantitative estimate of drug-likeness (QED) is 0.499. The number of hydrogen-bond donors (Lipinski definition) is 3. The van der Waals surface area contributed by atoms with Gasteiger partial charge in [0.1, 0.15) is 0 Å². The van der Waals surface area contributed by atoms with E-state index in [0.29, 0.717) is 6.42 Å². The first kappa shape index (κ1) is 15.7. The third-order valence-electron chi connectivity index (χ3n) is 2.35. The average molecular weight is 244 g/mol. The van der Waals surface area contributed by atoms with Crippen LogP contribution in [0.5, 0.6) is 0 Å². The van der Waals surface area contributed by atoms with Gasteiger partial charge in [0.25, 0.3) is 0 Å². The van der Waals surface area contributed by atoms with Gasteiger partial charge in [0, 0.05) is 0 Å². The highest BCUT2D eigenvalue weighted by Crippen LogP contribution is 2.07. The van der Waals surface area contributed by atoms with Crippen LogP contribution in [0.15, 0.2) is 0 Å². The van der Waals surface area contributed by atoms with Crippen LogP contribution >= 0.6 is 0 Å². The second-order valence-electron chi connectivity index (χ2n) is 4.40. The highest BCUT2D eigenvalue weighted by atomic mass is 16.4. The van der Waals surface area contributed by atoms with Crippen LogP contribution in [0.2, 0.25) is 0 Å². The van der Waals surface area contributed by atoms with E-state index in [4.69, 9.17) is 10.8 Å². The number of rotatable bonds is 8. The molecule has 2 atom stereocenters. The van der Waals surface area contributed by atoms with E-state index in [1.54, 1.807) is 7.05 Å². The molecule has 0 aromatic carbocycles. The Morgan fingerprint density at radius 2 is 1.76 bits per heavy atom. The van der Waals surface area contributed by atoms with Gasteiger partial charge in [0.2, 0.25) is 11.6 Å². The molecule has 0 radical (unpaired) electrons. The van der Waals surface area contributed by atoms with Gasteiger partial charge in [-0.1, -0.05) is 13.8 Å². The number of carbonyl (C=O) groups excluding carboxylic acids is 2. The third kappa shape index (κ3) is 5.55. The zero-order valence-electron chi connectivity index (χ0n) is 10.4. The second-order valence-corrected chi connectivity index (χ2v) is 4.40. The van der Waals surface area contributed by atoms with E-state index < -0.39 is 36.0 Å². The lowest BCUT2D eigenvalue weighted by Crippen LogP contribution is -2.46. The SMILES string of the molecule is CN[C@@H](CC(C)C)C(=O)C(=O)[C@@H](N)CC(=O)O. The van der Waals surface area contributed by atoms with Gasteiger partial charge < -0.3 is 16.2 Å². The summed E-state index contributed by atoms with van der Waals surface area (Å²) in [6, 6.07) is -1.86. The molecule has 0 rings (SSSR count). The number of carboxylic acid groups (broad SMARTS) is 1. The van der Waals surface area contributed by atoms with Gasteiger partial charge in [-0.3, -0.25) is 14.4 Å². The highest BCUT2D eigenvalue weighted by Gasteiger charge is 2.29. The lowest BCUT2D eigenvalue weighted by atomic mass is 9.95. The molecule has 0 aromatic rings. The smallest absolute Gasteiger partial charge is 0.305 e. The van der Waals surface area contributed by atoms with Crippen LogP contribution < -0.4 is 11.1 Å². The van der Waals surface area contributed by atoms with E-state index in [1.165, 1.54) is 0 Å². The zero-order valence-corrected chi connectivity index (χ0v) is 10.4. The van der Waals surface area contributed by atoms with Gasteiger partial charge >= 0.3 is 5.97 Å². The molecule has 4 N–H and O–H groups in total. The van der Waals surface area contributed by atoms with E-state index in [9.17, 15) is 14.4 Å². The molecule has 6 heteroatoms. The van der Waals surface area contributed by atoms with Crippen molar-refractivity contribution >= 4 is 17.5 Å². The van der Waals surface area contributed by atoms with Gasteiger partial charge in [-0.15, -0.1) is 0 Å². The largest absolute Gasteiger partial charge is 0.481 e. The zero-order chi connectivity index (χ0) is 13.6. The molecule has 0 saturated heterocycles. The molecule has 0 aliphatic rings. The Morgan fingerprint density at radius 1 is 1.24 bits per heavy atom. The van der Waals surface area contributed by atoms with Crippen molar-refractivity contribution in [2.45, 2.75) is 38.8 Å². The monoisotopic (exact) mass is 244 g/mol. The van der Waals surface area contributed by atoms with E-state index in [-0.39, 0.29) is 5.92 Å². The molecule has 0 fully saturated rings. The van der Waals surface area contributed by atoms with Crippen molar-refractivity contribution in [1.82, 2.24) is 5.32 Å². The van der Waals surface area contributed by atoms with Gasteiger partial charge in [-0.2, -0.15) is 0 Å². The van der Waals surface area contributed by atoms with Crippen LogP contribution in [0.4, 0.5) is 0 Å². The van der Waals surface area contributed by atoms with E-state index in [1.807, 2.05) is 13.8 Å². The van der Waals surface area contributed by atoms with Gasteiger partial charge in [0.15, 0.2) is 0 Å². The van der Waals surface area contributed by atoms with Crippen LogP contribution in [-0.2, 0) is 14.4 Å². The fraction of sp³-hybridized carbons (Fsp3) is 0.727. The van der Waals surface area contributed by atoms with Crippen molar-refractivity contribution in [3.63, 3.8) is 0 Å². The third-order valence-corrected chi connectivity index (χ3v) is 2.35. The van der Waals surface area contributed by atoms with Crippen molar-refractivity contribution < 1.29 is 19.5 Å². The molecule has 0 saturated carbocycles. The normalized spacial score (nSPS) is 14.4. The Kier molecular flexibility index (Phi) is 6.60. The molecule has 0 heterocycles. The lowest BCUT2D eigenvalue weighted by Gasteiger charge is -2.17. The molecular weight excluding hydrogens is 224 g/mol. The molecule has 98 valence electrons. The van der Waals surface area contributed by atoms with Gasteiger partial charge in [-0.25, -0.2) is 0 Å². The van der Waals surface area contributed by atoms with Crippen LogP contribution in [0, 0.1) is 5.92 Å². The van der Waals surface area contributed by atoms with Crippen molar-refractivity contribution in [2.75, 3.05) is 7.05 Å². The molecule has 0 unspecified atom stereocenters.